The van der Waals surface area contributed by atoms with Gasteiger partial charge in [0.1, 0.15) is 5.25 Å². The first-order chi connectivity index (χ1) is 18.4. The molecule has 0 heterocycles. The Morgan fingerprint density at radius 1 is 0.675 bits per heavy atom. The van der Waals surface area contributed by atoms with Crippen molar-refractivity contribution in [1.29, 1.82) is 0 Å². The Morgan fingerprint density at radius 3 is 1.73 bits per heavy atom. The third-order valence-corrected chi connectivity index (χ3v) is 12.5. The lowest BCUT2D eigenvalue weighted by Gasteiger charge is -2.36. The van der Waals surface area contributed by atoms with E-state index in [1.807, 2.05) is 0 Å². The highest BCUT2D eigenvalue weighted by Gasteiger charge is 2.45. The molecule has 0 saturated heterocycles. The molecule has 0 fully saturated rings. The van der Waals surface area contributed by atoms with Gasteiger partial charge in [-0.2, -0.15) is 8.42 Å². The van der Waals surface area contributed by atoms with Gasteiger partial charge in [-0.1, -0.05) is 61.1 Å². The van der Waals surface area contributed by atoms with E-state index in [2.05, 4.69) is 0 Å². The summed E-state index contributed by atoms with van der Waals surface area (Å²) in [4.78, 5) is -0.560. The van der Waals surface area contributed by atoms with Crippen molar-refractivity contribution in [2.45, 2.75) is 71.8 Å². The number of benzene rings is 3. The lowest BCUT2D eigenvalue weighted by Crippen LogP contribution is -2.42. The average molecular weight is 601 g/mol. The van der Waals surface area contributed by atoms with E-state index in [0.717, 1.165) is 11.6 Å². The van der Waals surface area contributed by atoms with Crippen LogP contribution in [0.15, 0.2) is 98.0 Å². The smallest absolute Gasteiger partial charge is 0.272 e. The largest absolute Gasteiger partial charge is 0.285 e. The summed E-state index contributed by atoms with van der Waals surface area (Å²) in [6, 6.07) is 13.7. The predicted octanol–water partition coefficient (Wildman–Crippen LogP) is 5.62. The van der Waals surface area contributed by atoms with Gasteiger partial charge in [0.05, 0.1) is 19.6 Å². The van der Waals surface area contributed by atoms with E-state index in [9.17, 15) is 29.8 Å². The molecular formula is C30H32O7S3. The van der Waals surface area contributed by atoms with E-state index < -0.39 is 40.5 Å². The summed E-state index contributed by atoms with van der Waals surface area (Å²) in [6.07, 6.45) is 4.55. The maximum Gasteiger partial charge on any atom is 0.272 e. The summed E-state index contributed by atoms with van der Waals surface area (Å²) in [6.45, 7) is 9.99. The normalized spacial score (nSPS) is 19.9. The van der Waals surface area contributed by atoms with Gasteiger partial charge in [0.2, 0.25) is 19.7 Å². The summed E-state index contributed by atoms with van der Waals surface area (Å²) >= 11 is 0. The van der Waals surface area contributed by atoms with E-state index in [0.29, 0.717) is 22.3 Å². The molecular weight excluding hydrogens is 569 g/mol. The summed E-state index contributed by atoms with van der Waals surface area (Å²) in [5.41, 5.74) is 1.46. The Labute approximate surface area is 236 Å². The third kappa shape index (κ3) is 5.21. The lowest BCUT2D eigenvalue weighted by molar-refractivity contribution is 0.446. The second-order valence-electron chi connectivity index (χ2n) is 10.7. The SMILES string of the molecule is CC1=CC(S(=O)(=O)O)C(C)(c2ccc(S(=O)(=O)c3cc(C)ccc3C)cc2S(=O)(=O)c2cc(C)ccc2C)C=C1. The van der Waals surface area contributed by atoms with Crippen LogP contribution >= 0.6 is 0 Å². The summed E-state index contributed by atoms with van der Waals surface area (Å²) < 4.78 is 91.6. The fraction of sp³-hybridized carbons (Fsp3) is 0.267. The van der Waals surface area contributed by atoms with E-state index in [-0.39, 0.29) is 25.1 Å². The molecule has 0 aliphatic heterocycles. The monoisotopic (exact) mass is 600 g/mol. The van der Waals surface area contributed by atoms with Crippen LogP contribution in [-0.2, 0) is 35.2 Å². The van der Waals surface area contributed by atoms with Gasteiger partial charge in [-0.3, -0.25) is 4.55 Å². The van der Waals surface area contributed by atoms with Crippen LogP contribution in [0.5, 0.6) is 0 Å². The molecule has 0 bridgehead atoms. The molecule has 7 nitrogen and oxygen atoms in total. The molecule has 2 unspecified atom stereocenters. The Hall–Kier alpha value is -3.05. The zero-order valence-electron chi connectivity index (χ0n) is 23.1. The minimum atomic E-state index is -4.69. The van der Waals surface area contributed by atoms with Gasteiger partial charge >= 0.3 is 0 Å². The number of aryl methyl sites for hydroxylation is 4. The first kappa shape index (κ1) is 29.9. The molecule has 0 spiro atoms. The standard InChI is InChI=1S/C30H32O7S3/c1-19-7-9-22(4)26(15-19)38(31,32)24-11-12-25(30(6)14-13-21(3)17-29(30)40(35,36)37)28(18-24)39(33,34)27-16-20(2)8-10-23(27)5/h7-18,29H,1-6H3,(H,35,36,37). The molecule has 0 saturated carbocycles. The van der Waals surface area contributed by atoms with Gasteiger partial charge in [-0.05, 0) is 86.7 Å². The molecule has 0 radical (unpaired) electrons. The van der Waals surface area contributed by atoms with Gasteiger partial charge in [0.15, 0.2) is 0 Å². The lowest BCUT2D eigenvalue weighted by atomic mass is 9.75. The van der Waals surface area contributed by atoms with Gasteiger partial charge in [-0.15, -0.1) is 0 Å². The Bertz CT molecular complexity index is 1920. The van der Waals surface area contributed by atoms with Crippen LogP contribution < -0.4 is 0 Å². The molecule has 4 rings (SSSR count). The van der Waals surface area contributed by atoms with Crippen molar-refractivity contribution in [1.82, 2.24) is 0 Å². The molecule has 0 amide bonds. The van der Waals surface area contributed by atoms with Crippen molar-refractivity contribution < 1.29 is 29.8 Å². The second-order valence-corrected chi connectivity index (χ2v) is 16.0. The fourth-order valence-corrected chi connectivity index (χ4v) is 9.90. The maximum atomic E-state index is 14.3. The third-order valence-electron chi connectivity index (χ3n) is 7.42. The van der Waals surface area contributed by atoms with Crippen molar-refractivity contribution in [2.24, 2.45) is 0 Å². The van der Waals surface area contributed by atoms with Crippen LogP contribution in [0, 0.1) is 27.7 Å². The highest BCUT2D eigenvalue weighted by molar-refractivity contribution is 7.92. The van der Waals surface area contributed by atoms with Crippen molar-refractivity contribution in [3.8, 4) is 0 Å². The van der Waals surface area contributed by atoms with Crippen LogP contribution in [-0.4, -0.2) is 35.1 Å². The minimum Gasteiger partial charge on any atom is -0.285 e. The van der Waals surface area contributed by atoms with E-state index in [1.165, 1.54) is 43.3 Å². The molecule has 1 N–H and O–H groups in total. The van der Waals surface area contributed by atoms with Gasteiger partial charge < -0.3 is 0 Å². The number of rotatable bonds is 6. The molecule has 40 heavy (non-hydrogen) atoms. The van der Waals surface area contributed by atoms with Crippen molar-refractivity contribution >= 4 is 29.8 Å². The topological polar surface area (TPSA) is 123 Å². The van der Waals surface area contributed by atoms with Crippen molar-refractivity contribution in [3.05, 3.63) is 106 Å². The van der Waals surface area contributed by atoms with Gasteiger partial charge in [-0.25, -0.2) is 16.8 Å². The van der Waals surface area contributed by atoms with Gasteiger partial charge in [0, 0.05) is 5.41 Å². The molecule has 1 aliphatic rings. The maximum absolute atomic E-state index is 14.3. The number of allylic oxidation sites excluding steroid dienone is 3. The van der Waals surface area contributed by atoms with Gasteiger partial charge in [0.25, 0.3) is 10.1 Å². The number of hydrogen-bond donors (Lipinski definition) is 1. The van der Waals surface area contributed by atoms with Crippen LogP contribution in [0.4, 0.5) is 0 Å². The minimum absolute atomic E-state index is 0.0199. The highest BCUT2D eigenvalue weighted by atomic mass is 32.2. The summed E-state index contributed by atoms with van der Waals surface area (Å²) in [5, 5.41) is -1.50. The first-order valence-electron chi connectivity index (χ1n) is 12.5. The first-order valence-corrected chi connectivity index (χ1v) is 17.0. The van der Waals surface area contributed by atoms with Crippen LogP contribution in [0.1, 0.15) is 41.7 Å². The molecule has 0 aromatic heterocycles. The molecule has 10 heteroatoms. The molecule has 212 valence electrons. The fourth-order valence-electron chi connectivity index (χ4n) is 5.08. The highest BCUT2D eigenvalue weighted by Crippen LogP contribution is 2.43. The molecule has 3 aromatic carbocycles. The van der Waals surface area contributed by atoms with Crippen molar-refractivity contribution in [2.75, 3.05) is 0 Å². The number of sulfone groups is 2. The van der Waals surface area contributed by atoms with Crippen molar-refractivity contribution in [3.63, 3.8) is 0 Å². The van der Waals surface area contributed by atoms with Crippen LogP contribution in [0.3, 0.4) is 0 Å². The molecule has 1 aliphatic carbocycles. The van der Waals surface area contributed by atoms with E-state index >= 15 is 0 Å². The molecule has 3 aromatic rings. The zero-order valence-corrected chi connectivity index (χ0v) is 25.6. The number of hydrogen-bond acceptors (Lipinski definition) is 6. The Kier molecular flexibility index (Phi) is 7.55. The average Bonchev–Trinajstić information content (AvgIpc) is 2.87. The zero-order chi connectivity index (χ0) is 29.8. The Morgan fingerprint density at radius 2 is 1.20 bits per heavy atom. The second kappa shape index (κ2) is 10.1. The quantitative estimate of drug-likeness (QED) is 0.365. The van der Waals surface area contributed by atoms with E-state index in [1.54, 1.807) is 65.0 Å². The molecule has 2 atom stereocenters. The van der Waals surface area contributed by atoms with E-state index in [4.69, 9.17) is 0 Å². The summed E-state index contributed by atoms with van der Waals surface area (Å²) in [7, 11) is -13.2. The Balaban J connectivity index is 2.10. The predicted molar refractivity (Wildman–Crippen MR) is 155 cm³/mol. The summed E-state index contributed by atoms with van der Waals surface area (Å²) in [5.74, 6) is 0. The van der Waals surface area contributed by atoms with Crippen LogP contribution in [0.25, 0.3) is 0 Å². The van der Waals surface area contributed by atoms with Crippen LogP contribution in [0.2, 0.25) is 0 Å².